The molecule has 0 aliphatic carbocycles. The molecule has 0 saturated carbocycles. The van der Waals surface area contributed by atoms with Crippen LogP contribution in [0.3, 0.4) is 0 Å². The molecular formula is C25H22N6O. The first-order valence-electron chi connectivity index (χ1n) is 10.5. The molecule has 32 heavy (non-hydrogen) atoms. The van der Waals surface area contributed by atoms with E-state index in [-0.39, 0.29) is 0 Å². The summed E-state index contributed by atoms with van der Waals surface area (Å²) in [5.74, 6) is 0. The van der Waals surface area contributed by atoms with Gasteiger partial charge in [0.2, 0.25) is 0 Å². The van der Waals surface area contributed by atoms with Gasteiger partial charge in [-0.1, -0.05) is 18.2 Å². The van der Waals surface area contributed by atoms with E-state index >= 15 is 0 Å². The largest absolute Gasteiger partial charge is 0.378 e. The monoisotopic (exact) mass is 422 g/mol. The lowest BCUT2D eigenvalue weighted by Crippen LogP contribution is -2.36. The van der Waals surface area contributed by atoms with Crippen LogP contribution < -0.4 is 10.2 Å². The third kappa shape index (κ3) is 3.72. The second-order valence-corrected chi connectivity index (χ2v) is 7.65. The number of fused-ring (bicyclic) bond motifs is 1. The van der Waals surface area contributed by atoms with E-state index in [1.165, 1.54) is 0 Å². The third-order valence-electron chi connectivity index (χ3n) is 5.66. The molecule has 4 aromatic rings. The molecule has 0 atom stereocenters. The van der Waals surface area contributed by atoms with Crippen LogP contribution in [-0.2, 0) is 4.74 Å². The fourth-order valence-electron chi connectivity index (χ4n) is 4.02. The van der Waals surface area contributed by atoms with Crippen molar-refractivity contribution in [2.24, 2.45) is 0 Å². The number of nitrogens with one attached hydrogen (secondary N) is 1. The van der Waals surface area contributed by atoms with Crippen molar-refractivity contribution in [2.45, 2.75) is 6.92 Å². The second-order valence-electron chi connectivity index (χ2n) is 7.65. The van der Waals surface area contributed by atoms with Gasteiger partial charge in [0.1, 0.15) is 6.07 Å². The Bertz CT molecular complexity index is 1310. The van der Waals surface area contributed by atoms with Crippen molar-refractivity contribution < 1.29 is 4.74 Å². The van der Waals surface area contributed by atoms with Gasteiger partial charge < -0.3 is 15.0 Å². The van der Waals surface area contributed by atoms with Crippen LogP contribution in [0.25, 0.3) is 22.3 Å². The molecule has 0 bridgehead atoms. The van der Waals surface area contributed by atoms with E-state index in [0.717, 1.165) is 65.7 Å². The molecule has 158 valence electrons. The van der Waals surface area contributed by atoms with Crippen LogP contribution in [0.1, 0.15) is 11.1 Å². The van der Waals surface area contributed by atoms with Gasteiger partial charge in [0.05, 0.1) is 65.1 Å². The third-order valence-corrected chi connectivity index (χ3v) is 5.66. The van der Waals surface area contributed by atoms with Crippen LogP contribution in [-0.4, -0.2) is 41.3 Å². The van der Waals surface area contributed by atoms with Crippen molar-refractivity contribution in [3.05, 3.63) is 72.2 Å². The Hall–Kier alpha value is -4.02. The number of para-hydroxylation sites is 1. The topological polar surface area (TPSA) is 87.0 Å². The van der Waals surface area contributed by atoms with Gasteiger partial charge in [0.25, 0.3) is 0 Å². The predicted octanol–water partition coefficient (Wildman–Crippen LogP) is 4.45. The van der Waals surface area contributed by atoms with Crippen molar-refractivity contribution in [1.29, 1.82) is 5.26 Å². The molecule has 5 rings (SSSR count). The van der Waals surface area contributed by atoms with Crippen molar-refractivity contribution >= 4 is 28.0 Å². The van der Waals surface area contributed by atoms with Crippen LogP contribution in [0, 0.1) is 18.3 Å². The maximum absolute atomic E-state index is 9.68. The molecular weight excluding hydrogens is 400 g/mol. The average molecular weight is 422 g/mol. The van der Waals surface area contributed by atoms with Crippen molar-refractivity contribution in [3.8, 4) is 17.5 Å². The van der Waals surface area contributed by atoms with Crippen LogP contribution >= 0.6 is 0 Å². The highest BCUT2D eigenvalue weighted by Gasteiger charge is 2.17. The number of hydrogen-bond acceptors (Lipinski definition) is 7. The number of ether oxygens (including phenoxy) is 1. The van der Waals surface area contributed by atoms with Gasteiger partial charge in [-0.15, -0.1) is 0 Å². The summed E-state index contributed by atoms with van der Waals surface area (Å²) >= 11 is 0. The SMILES string of the molecule is Cc1c(-c2ccccn2)nc2c(C#N)cccc2c1Nc1cncc(N2CCOCC2)c1. The van der Waals surface area contributed by atoms with Gasteiger partial charge in [-0.05, 0) is 31.2 Å². The summed E-state index contributed by atoms with van der Waals surface area (Å²) in [6.07, 6.45) is 5.44. The van der Waals surface area contributed by atoms with Crippen LogP contribution in [0.15, 0.2) is 61.1 Å². The van der Waals surface area contributed by atoms with Gasteiger partial charge in [-0.25, -0.2) is 4.98 Å². The molecule has 0 spiro atoms. The van der Waals surface area contributed by atoms with Gasteiger partial charge in [0, 0.05) is 30.2 Å². The molecule has 1 fully saturated rings. The van der Waals surface area contributed by atoms with Gasteiger partial charge in [0.15, 0.2) is 0 Å². The highest BCUT2D eigenvalue weighted by atomic mass is 16.5. The first kappa shape index (κ1) is 19.9. The van der Waals surface area contributed by atoms with Crippen LogP contribution in [0.2, 0.25) is 0 Å². The molecule has 0 radical (unpaired) electrons. The van der Waals surface area contributed by atoms with E-state index in [9.17, 15) is 5.26 Å². The number of rotatable bonds is 4. The van der Waals surface area contributed by atoms with E-state index < -0.39 is 0 Å². The summed E-state index contributed by atoms with van der Waals surface area (Å²) in [4.78, 5) is 16.1. The normalized spacial score (nSPS) is 13.7. The summed E-state index contributed by atoms with van der Waals surface area (Å²) in [6.45, 7) is 5.15. The fraction of sp³-hybridized carbons (Fsp3) is 0.200. The van der Waals surface area contributed by atoms with E-state index in [0.29, 0.717) is 11.1 Å². The Morgan fingerprint density at radius 2 is 1.97 bits per heavy atom. The number of hydrogen-bond donors (Lipinski definition) is 1. The molecule has 1 aliphatic heterocycles. The second kappa shape index (κ2) is 8.61. The minimum atomic E-state index is 0.530. The Kier molecular flexibility index (Phi) is 5.36. The number of nitrogens with zero attached hydrogens (tertiary/aromatic N) is 5. The fourth-order valence-corrected chi connectivity index (χ4v) is 4.02. The van der Waals surface area contributed by atoms with Gasteiger partial charge in [-0.3, -0.25) is 9.97 Å². The number of morpholine rings is 1. The van der Waals surface area contributed by atoms with E-state index in [1.54, 1.807) is 12.3 Å². The number of anilines is 3. The zero-order valence-corrected chi connectivity index (χ0v) is 17.7. The lowest BCUT2D eigenvalue weighted by molar-refractivity contribution is 0.122. The standard InChI is InChI=1S/C25H22N6O/c1-17-23(29-19-13-20(16-27-15-19)31-9-11-32-12-10-31)21-6-4-5-18(14-26)25(21)30-24(17)22-7-2-3-8-28-22/h2-8,13,15-16H,9-12H2,1H3,(H,29,30). The molecule has 1 aromatic carbocycles. The van der Waals surface area contributed by atoms with E-state index in [1.807, 2.05) is 49.6 Å². The molecule has 7 nitrogen and oxygen atoms in total. The minimum Gasteiger partial charge on any atom is -0.378 e. The van der Waals surface area contributed by atoms with Crippen molar-refractivity contribution in [3.63, 3.8) is 0 Å². The first-order chi connectivity index (χ1) is 15.7. The number of benzene rings is 1. The molecule has 0 amide bonds. The molecule has 4 heterocycles. The predicted molar refractivity (Wildman–Crippen MR) is 125 cm³/mol. The minimum absolute atomic E-state index is 0.530. The smallest absolute Gasteiger partial charge is 0.101 e. The van der Waals surface area contributed by atoms with E-state index in [4.69, 9.17) is 9.72 Å². The Labute approximate surface area is 186 Å². The number of pyridine rings is 3. The number of nitriles is 1. The van der Waals surface area contributed by atoms with Crippen molar-refractivity contribution in [2.75, 3.05) is 36.5 Å². The molecule has 7 heteroatoms. The molecule has 1 N–H and O–H groups in total. The summed E-state index contributed by atoms with van der Waals surface area (Å²) in [6, 6.07) is 15.8. The highest BCUT2D eigenvalue weighted by Crippen LogP contribution is 2.36. The zero-order valence-electron chi connectivity index (χ0n) is 17.7. The maximum Gasteiger partial charge on any atom is 0.101 e. The molecule has 0 unspecified atom stereocenters. The van der Waals surface area contributed by atoms with Crippen molar-refractivity contribution in [1.82, 2.24) is 15.0 Å². The Morgan fingerprint density at radius 1 is 1.09 bits per heavy atom. The number of aromatic nitrogens is 3. The van der Waals surface area contributed by atoms with Crippen LogP contribution in [0.5, 0.6) is 0 Å². The zero-order chi connectivity index (χ0) is 21.9. The van der Waals surface area contributed by atoms with Crippen LogP contribution in [0.4, 0.5) is 17.1 Å². The molecule has 3 aromatic heterocycles. The molecule has 1 aliphatic rings. The summed E-state index contributed by atoms with van der Waals surface area (Å²) in [5, 5.41) is 14.1. The molecule has 1 saturated heterocycles. The lowest BCUT2D eigenvalue weighted by Gasteiger charge is -2.28. The Morgan fingerprint density at radius 3 is 2.75 bits per heavy atom. The summed E-state index contributed by atoms with van der Waals surface area (Å²) in [7, 11) is 0. The maximum atomic E-state index is 9.68. The van der Waals surface area contributed by atoms with E-state index in [2.05, 4.69) is 32.3 Å². The lowest BCUT2D eigenvalue weighted by atomic mass is 10.0. The highest BCUT2D eigenvalue weighted by molar-refractivity contribution is 6.00. The summed E-state index contributed by atoms with van der Waals surface area (Å²) in [5.41, 5.74) is 6.49. The first-order valence-corrected chi connectivity index (χ1v) is 10.5. The summed E-state index contributed by atoms with van der Waals surface area (Å²) < 4.78 is 5.47. The Balaban J connectivity index is 1.64. The quantitative estimate of drug-likeness (QED) is 0.520. The average Bonchev–Trinajstić information content (AvgIpc) is 2.86. The van der Waals surface area contributed by atoms with Gasteiger partial charge >= 0.3 is 0 Å². The van der Waals surface area contributed by atoms with Gasteiger partial charge in [-0.2, -0.15) is 5.26 Å².